The van der Waals surface area contributed by atoms with Gasteiger partial charge in [-0.2, -0.15) is 0 Å². The van der Waals surface area contributed by atoms with Crippen LogP contribution in [0, 0.1) is 6.92 Å². The lowest BCUT2D eigenvalue weighted by Crippen LogP contribution is -2.14. The van der Waals surface area contributed by atoms with Gasteiger partial charge in [-0.05, 0) is 31.5 Å². The number of amides is 1. The van der Waals surface area contributed by atoms with Crippen LogP contribution in [0.4, 0.5) is 5.69 Å². The number of rotatable bonds is 3. The van der Waals surface area contributed by atoms with Gasteiger partial charge in [-0.1, -0.05) is 17.7 Å². The van der Waals surface area contributed by atoms with Crippen molar-refractivity contribution in [3.63, 3.8) is 0 Å². The molecule has 0 fully saturated rings. The predicted octanol–water partition coefficient (Wildman–Crippen LogP) is 2.57. The van der Waals surface area contributed by atoms with Crippen LogP contribution in [0.25, 0.3) is 0 Å². The van der Waals surface area contributed by atoms with E-state index >= 15 is 0 Å². The Morgan fingerprint density at radius 1 is 1.40 bits per heavy atom. The monoisotopic (exact) mass is 225 g/mol. The second-order valence-corrected chi connectivity index (χ2v) is 3.80. The Morgan fingerprint density at radius 2 is 2.07 bits per heavy atom. The Labute approximate surface area is 93.4 Å². The molecular formula is C11H12ClNO2. The quantitative estimate of drug-likeness (QED) is 0.804. The van der Waals surface area contributed by atoms with Crippen molar-refractivity contribution >= 4 is 29.0 Å². The zero-order chi connectivity index (χ0) is 11.4. The van der Waals surface area contributed by atoms with E-state index in [-0.39, 0.29) is 18.1 Å². The highest BCUT2D eigenvalue weighted by molar-refractivity contribution is 6.31. The molecule has 0 spiro atoms. The first kappa shape index (κ1) is 11.7. The van der Waals surface area contributed by atoms with Gasteiger partial charge in [0.2, 0.25) is 5.91 Å². The SMILES string of the molecule is CC(=O)CC(=O)Nc1ccc(C)c(Cl)c1. The van der Waals surface area contributed by atoms with Gasteiger partial charge in [-0.25, -0.2) is 0 Å². The van der Waals surface area contributed by atoms with Crippen molar-refractivity contribution < 1.29 is 9.59 Å². The highest BCUT2D eigenvalue weighted by Gasteiger charge is 2.06. The standard InChI is InChI=1S/C11H12ClNO2/c1-7-3-4-9(6-10(7)12)13-11(15)5-8(2)14/h3-4,6H,5H2,1-2H3,(H,13,15). The summed E-state index contributed by atoms with van der Waals surface area (Å²) >= 11 is 5.88. The Kier molecular flexibility index (Phi) is 3.86. The molecule has 1 rings (SSSR count). The first-order chi connectivity index (χ1) is 6.99. The van der Waals surface area contributed by atoms with Gasteiger partial charge in [0.15, 0.2) is 0 Å². The average molecular weight is 226 g/mol. The van der Waals surface area contributed by atoms with E-state index in [1.165, 1.54) is 6.92 Å². The number of anilines is 1. The van der Waals surface area contributed by atoms with Crippen molar-refractivity contribution in [2.45, 2.75) is 20.3 Å². The molecule has 0 saturated carbocycles. The van der Waals surface area contributed by atoms with E-state index in [0.717, 1.165) is 5.56 Å². The number of aryl methyl sites for hydroxylation is 1. The fraction of sp³-hybridized carbons (Fsp3) is 0.273. The molecule has 0 aliphatic carbocycles. The summed E-state index contributed by atoms with van der Waals surface area (Å²) in [7, 11) is 0. The van der Waals surface area contributed by atoms with Gasteiger partial charge in [0, 0.05) is 10.7 Å². The number of benzene rings is 1. The van der Waals surface area contributed by atoms with E-state index in [0.29, 0.717) is 10.7 Å². The summed E-state index contributed by atoms with van der Waals surface area (Å²) in [5.74, 6) is -0.479. The third kappa shape index (κ3) is 3.72. The first-order valence-corrected chi connectivity index (χ1v) is 4.92. The van der Waals surface area contributed by atoms with Crippen LogP contribution in [0.1, 0.15) is 18.9 Å². The first-order valence-electron chi connectivity index (χ1n) is 4.54. The Bertz CT molecular complexity index is 402. The maximum Gasteiger partial charge on any atom is 0.231 e. The maximum absolute atomic E-state index is 11.2. The number of halogens is 1. The summed E-state index contributed by atoms with van der Waals surface area (Å²) in [5, 5.41) is 3.19. The van der Waals surface area contributed by atoms with Gasteiger partial charge in [0.05, 0.1) is 6.42 Å². The number of carbonyl (C=O) groups excluding carboxylic acids is 2. The second kappa shape index (κ2) is 4.94. The number of hydrogen-bond acceptors (Lipinski definition) is 2. The van der Waals surface area contributed by atoms with E-state index in [1.807, 2.05) is 13.0 Å². The summed E-state index contributed by atoms with van der Waals surface area (Å²) < 4.78 is 0. The molecule has 1 N–H and O–H groups in total. The summed E-state index contributed by atoms with van der Waals surface area (Å²) in [6.07, 6.45) is -0.106. The van der Waals surface area contributed by atoms with Gasteiger partial charge in [0.1, 0.15) is 5.78 Å². The highest BCUT2D eigenvalue weighted by atomic mass is 35.5. The van der Waals surface area contributed by atoms with E-state index in [2.05, 4.69) is 5.32 Å². The van der Waals surface area contributed by atoms with Crippen LogP contribution < -0.4 is 5.32 Å². The molecule has 0 bridgehead atoms. The molecule has 0 atom stereocenters. The normalized spacial score (nSPS) is 9.80. The van der Waals surface area contributed by atoms with Crippen LogP contribution >= 0.6 is 11.6 Å². The Balaban J connectivity index is 2.69. The molecule has 4 heteroatoms. The number of ketones is 1. The highest BCUT2D eigenvalue weighted by Crippen LogP contribution is 2.19. The van der Waals surface area contributed by atoms with Gasteiger partial charge in [-0.15, -0.1) is 0 Å². The van der Waals surface area contributed by atoms with Crippen molar-refractivity contribution in [3.05, 3.63) is 28.8 Å². The van der Waals surface area contributed by atoms with Crippen molar-refractivity contribution in [3.8, 4) is 0 Å². The van der Waals surface area contributed by atoms with E-state index < -0.39 is 0 Å². The van der Waals surface area contributed by atoms with E-state index in [9.17, 15) is 9.59 Å². The summed E-state index contributed by atoms with van der Waals surface area (Å²) in [4.78, 5) is 21.9. The fourth-order valence-electron chi connectivity index (χ4n) is 1.10. The lowest BCUT2D eigenvalue weighted by atomic mass is 10.2. The third-order valence-corrected chi connectivity index (χ3v) is 2.27. The van der Waals surface area contributed by atoms with Crippen LogP contribution in [0.3, 0.4) is 0 Å². The van der Waals surface area contributed by atoms with Crippen molar-refractivity contribution in [1.82, 2.24) is 0 Å². The van der Waals surface area contributed by atoms with Gasteiger partial charge >= 0.3 is 0 Å². The van der Waals surface area contributed by atoms with Gasteiger partial charge in [-0.3, -0.25) is 9.59 Å². The minimum atomic E-state index is -0.317. The van der Waals surface area contributed by atoms with E-state index in [4.69, 9.17) is 11.6 Å². The van der Waals surface area contributed by atoms with Crippen LogP contribution in [0.5, 0.6) is 0 Å². The second-order valence-electron chi connectivity index (χ2n) is 3.39. The average Bonchev–Trinajstić information content (AvgIpc) is 2.10. The molecule has 80 valence electrons. The maximum atomic E-state index is 11.2. The molecule has 15 heavy (non-hydrogen) atoms. The summed E-state index contributed by atoms with van der Waals surface area (Å²) in [6, 6.07) is 5.22. The lowest BCUT2D eigenvalue weighted by molar-refractivity contribution is -0.124. The van der Waals surface area contributed by atoms with Crippen LogP contribution in [-0.4, -0.2) is 11.7 Å². The van der Waals surface area contributed by atoms with Crippen molar-refractivity contribution in [2.75, 3.05) is 5.32 Å². The number of nitrogens with one attached hydrogen (secondary N) is 1. The molecule has 0 aliphatic heterocycles. The summed E-state index contributed by atoms with van der Waals surface area (Å²) in [6.45, 7) is 3.26. The Hall–Kier alpha value is -1.35. The van der Waals surface area contributed by atoms with E-state index in [1.54, 1.807) is 12.1 Å². The van der Waals surface area contributed by atoms with Crippen LogP contribution in [-0.2, 0) is 9.59 Å². The fourth-order valence-corrected chi connectivity index (χ4v) is 1.28. The minimum Gasteiger partial charge on any atom is -0.326 e. The van der Waals surface area contributed by atoms with Crippen LogP contribution in [0.2, 0.25) is 5.02 Å². The number of Topliss-reactive ketones (excluding diaryl/α,β-unsaturated/α-hetero) is 1. The molecule has 1 amide bonds. The molecule has 1 aromatic rings. The molecule has 0 aliphatic rings. The molecular weight excluding hydrogens is 214 g/mol. The smallest absolute Gasteiger partial charge is 0.231 e. The molecule has 0 heterocycles. The molecule has 0 aromatic heterocycles. The van der Waals surface area contributed by atoms with Crippen molar-refractivity contribution in [1.29, 1.82) is 0 Å². The third-order valence-electron chi connectivity index (χ3n) is 1.87. The molecule has 0 saturated heterocycles. The summed E-state index contributed by atoms with van der Waals surface area (Å²) in [5.41, 5.74) is 1.55. The van der Waals surface area contributed by atoms with Crippen LogP contribution in [0.15, 0.2) is 18.2 Å². The topological polar surface area (TPSA) is 46.2 Å². The zero-order valence-corrected chi connectivity index (χ0v) is 9.39. The number of carbonyl (C=O) groups is 2. The van der Waals surface area contributed by atoms with Gasteiger partial charge in [0.25, 0.3) is 0 Å². The largest absolute Gasteiger partial charge is 0.326 e. The minimum absolute atomic E-state index is 0.106. The number of hydrogen-bond donors (Lipinski definition) is 1. The zero-order valence-electron chi connectivity index (χ0n) is 8.63. The van der Waals surface area contributed by atoms with Crippen molar-refractivity contribution in [2.24, 2.45) is 0 Å². The predicted molar refractivity (Wildman–Crippen MR) is 60.1 cm³/mol. The lowest BCUT2D eigenvalue weighted by Gasteiger charge is -2.05. The molecule has 0 radical (unpaired) electrons. The molecule has 1 aromatic carbocycles. The molecule has 0 unspecified atom stereocenters. The molecule has 3 nitrogen and oxygen atoms in total. The van der Waals surface area contributed by atoms with Gasteiger partial charge < -0.3 is 5.32 Å². The Morgan fingerprint density at radius 3 is 2.60 bits per heavy atom.